The molecule has 0 aromatic carbocycles. The van der Waals surface area contributed by atoms with Gasteiger partial charge in [0.2, 0.25) is 5.95 Å². The monoisotopic (exact) mass is 498 g/mol. The van der Waals surface area contributed by atoms with Crippen LogP contribution in [0.1, 0.15) is 49.4 Å². The van der Waals surface area contributed by atoms with Crippen LogP contribution < -0.4 is 10.6 Å². The van der Waals surface area contributed by atoms with Gasteiger partial charge in [-0.1, -0.05) is 0 Å². The summed E-state index contributed by atoms with van der Waals surface area (Å²) >= 11 is 0. The van der Waals surface area contributed by atoms with E-state index in [4.69, 9.17) is 4.74 Å². The molecule has 36 heavy (non-hydrogen) atoms. The number of alkyl halides is 2. The molecule has 3 aromatic rings. The molecule has 3 atom stereocenters. The Labute approximate surface area is 205 Å². The van der Waals surface area contributed by atoms with Crippen molar-refractivity contribution < 1.29 is 18.3 Å². The highest BCUT2D eigenvalue weighted by atomic mass is 19.1. The number of anilines is 2. The van der Waals surface area contributed by atoms with Crippen molar-refractivity contribution in [1.82, 2.24) is 34.8 Å². The summed E-state index contributed by atoms with van der Waals surface area (Å²) in [5.41, 5.74) is 2.10. The number of likely N-dealkylation sites (tertiary alicyclic amines) is 1. The van der Waals surface area contributed by atoms with E-state index in [0.29, 0.717) is 55.6 Å². The van der Waals surface area contributed by atoms with E-state index in [9.17, 15) is 9.18 Å². The Morgan fingerprint density at radius 3 is 2.83 bits per heavy atom. The first-order valence-electron chi connectivity index (χ1n) is 12.6. The first-order chi connectivity index (χ1) is 17.4. The number of aromatic nitrogens is 5. The van der Waals surface area contributed by atoms with Crippen LogP contribution in [0.25, 0.3) is 5.65 Å². The van der Waals surface area contributed by atoms with Crippen molar-refractivity contribution in [3.05, 3.63) is 35.9 Å². The summed E-state index contributed by atoms with van der Waals surface area (Å²) in [6.07, 6.45) is 4.26. The predicted molar refractivity (Wildman–Crippen MR) is 125 cm³/mol. The van der Waals surface area contributed by atoms with Crippen LogP contribution in [0.2, 0.25) is 0 Å². The second-order valence-electron chi connectivity index (χ2n) is 10.8. The Hall–Kier alpha value is -3.28. The largest absolute Gasteiger partial charge is 0.443 e. The second-order valence-corrected chi connectivity index (χ2v) is 10.8. The molecule has 0 unspecified atom stereocenters. The van der Waals surface area contributed by atoms with Gasteiger partial charge in [-0.25, -0.2) is 23.5 Å². The molecular formula is C24H28F2N8O2. The molecule has 1 aliphatic heterocycles. The van der Waals surface area contributed by atoms with E-state index in [2.05, 4.69) is 30.8 Å². The number of imidazole rings is 1. The highest BCUT2D eigenvalue weighted by Gasteiger charge is 2.58. The van der Waals surface area contributed by atoms with Gasteiger partial charge in [-0.15, -0.1) is 0 Å². The second kappa shape index (κ2) is 8.12. The Bertz CT molecular complexity index is 1290. The zero-order chi connectivity index (χ0) is 24.4. The fraction of sp³-hybridized carbons (Fsp3) is 0.583. The number of fused-ring (bicyclic) bond motifs is 1. The number of nitrogens with one attached hydrogen (secondary N) is 3. The first kappa shape index (κ1) is 22.0. The van der Waals surface area contributed by atoms with Crippen LogP contribution in [-0.4, -0.2) is 72.6 Å². The molecule has 190 valence electrons. The Kier molecular flexibility index (Phi) is 4.95. The van der Waals surface area contributed by atoms with Gasteiger partial charge in [0, 0.05) is 55.2 Å². The average molecular weight is 499 g/mol. The van der Waals surface area contributed by atoms with Crippen LogP contribution in [0.4, 0.5) is 25.3 Å². The summed E-state index contributed by atoms with van der Waals surface area (Å²) in [5, 5.41) is 13.3. The molecule has 5 aliphatic rings. The van der Waals surface area contributed by atoms with E-state index in [1.54, 1.807) is 18.3 Å². The van der Waals surface area contributed by atoms with E-state index >= 15 is 4.39 Å². The summed E-state index contributed by atoms with van der Waals surface area (Å²) in [6, 6.07) is 3.57. The van der Waals surface area contributed by atoms with E-state index in [-0.39, 0.29) is 5.54 Å². The zero-order valence-electron chi connectivity index (χ0n) is 19.7. The van der Waals surface area contributed by atoms with Crippen molar-refractivity contribution >= 4 is 23.5 Å². The van der Waals surface area contributed by atoms with E-state index in [0.717, 1.165) is 30.9 Å². The molecule has 1 amide bonds. The van der Waals surface area contributed by atoms with Crippen LogP contribution in [0.15, 0.2) is 24.5 Å². The maximum atomic E-state index is 15.2. The van der Waals surface area contributed by atoms with Gasteiger partial charge >= 0.3 is 6.09 Å². The molecule has 4 aliphatic carbocycles. The number of hydrogen-bond acceptors (Lipinski definition) is 7. The topological polar surface area (TPSA) is 112 Å². The van der Waals surface area contributed by atoms with Gasteiger partial charge in [-0.2, -0.15) is 5.10 Å². The van der Waals surface area contributed by atoms with Crippen molar-refractivity contribution in [2.24, 2.45) is 5.92 Å². The van der Waals surface area contributed by atoms with Gasteiger partial charge in [-0.3, -0.25) is 14.4 Å². The molecule has 2 bridgehead atoms. The molecule has 0 spiro atoms. The lowest BCUT2D eigenvalue weighted by Gasteiger charge is -2.61. The number of aromatic amines is 1. The number of nitrogens with zero attached hydrogens (tertiary/aromatic N) is 5. The Morgan fingerprint density at radius 2 is 2.08 bits per heavy atom. The van der Waals surface area contributed by atoms with Gasteiger partial charge in [0.25, 0.3) is 0 Å². The molecular weight excluding hydrogens is 470 g/mol. The van der Waals surface area contributed by atoms with Gasteiger partial charge in [0.05, 0.1) is 5.69 Å². The summed E-state index contributed by atoms with van der Waals surface area (Å²) in [6.45, 7) is 1.44. The van der Waals surface area contributed by atoms with Gasteiger partial charge < -0.3 is 15.4 Å². The minimum absolute atomic E-state index is 0.0886. The molecule has 1 saturated heterocycles. The molecule has 4 saturated carbocycles. The predicted octanol–water partition coefficient (Wildman–Crippen LogP) is 3.21. The van der Waals surface area contributed by atoms with Crippen molar-refractivity contribution in [1.29, 1.82) is 0 Å². The number of amides is 1. The van der Waals surface area contributed by atoms with E-state index in [1.807, 2.05) is 15.5 Å². The SMILES string of the molecule is O=C(NC12CC(C1)C2)O[C@@H]1CC[C@H](c2cc(Nc3nccc4nc(CN5CC(F)C5)cn34)n[nH]2)[C@H]1F. The lowest BCUT2D eigenvalue weighted by Crippen LogP contribution is -2.68. The quantitative estimate of drug-likeness (QED) is 0.459. The summed E-state index contributed by atoms with van der Waals surface area (Å²) in [5.74, 6) is 1.33. The smallest absolute Gasteiger partial charge is 0.407 e. The van der Waals surface area contributed by atoms with Crippen molar-refractivity contribution in [2.45, 2.75) is 68.6 Å². The molecule has 0 radical (unpaired) electrons. The fourth-order valence-corrected chi connectivity index (χ4v) is 6.10. The summed E-state index contributed by atoms with van der Waals surface area (Å²) in [4.78, 5) is 23.3. The molecule has 3 N–H and O–H groups in total. The lowest BCUT2D eigenvalue weighted by molar-refractivity contribution is -0.0532. The van der Waals surface area contributed by atoms with Gasteiger partial charge in [0.1, 0.15) is 24.1 Å². The number of halogens is 2. The normalized spacial score (nSPS) is 31.5. The molecule has 8 rings (SSSR count). The molecule has 3 aromatic heterocycles. The molecule has 10 nitrogen and oxygen atoms in total. The van der Waals surface area contributed by atoms with Crippen LogP contribution in [0, 0.1) is 5.92 Å². The number of carbonyl (C=O) groups is 1. The third kappa shape index (κ3) is 3.78. The minimum atomic E-state index is -1.31. The number of carbonyl (C=O) groups excluding carboxylic acids is 1. The Morgan fingerprint density at radius 1 is 1.25 bits per heavy atom. The maximum Gasteiger partial charge on any atom is 0.407 e. The highest BCUT2D eigenvalue weighted by molar-refractivity contribution is 5.69. The van der Waals surface area contributed by atoms with Crippen LogP contribution in [-0.2, 0) is 11.3 Å². The summed E-state index contributed by atoms with van der Waals surface area (Å²) < 4.78 is 35.6. The highest BCUT2D eigenvalue weighted by Crippen LogP contribution is 2.57. The fourth-order valence-electron chi connectivity index (χ4n) is 6.10. The van der Waals surface area contributed by atoms with Crippen LogP contribution in [0.5, 0.6) is 0 Å². The molecule has 5 fully saturated rings. The van der Waals surface area contributed by atoms with Gasteiger partial charge in [0.15, 0.2) is 5.82 Å². The van der Waals surface area contributed by atoms with E-state index < -0.39 is 30.5 Å². The molecule has 4 heterocycles. The average Bonchev–Trinajstić information content (AvgIpc) is 3.49. The maximum absolute atomic E-state index is 15.2. The lowest BCUT2D eigenvalue weighted by atomic mass is 9.50. The third-order valence-electron chi connectivity index (χ3n) is 8.13. The van der Waals surface area contributed by atoms with Crippen LogP contribution >= 0.6 is 0 Å². The minimum Gasteiger partial charge on any atom is -0.443 e. The third-order valence-corrected chi connectivity index (χ3v) is 8.13. The number of hydrogen-bond donors (Lipinski definition) is 3. The number of H-pyrrole nitrogens is 1. The van der Waals surface area contributed by atoms with Crippen molar-refractivity contribution in [2.75, 3.05) is 18.4 Å². The Balaban J connectivity index is 0.997. The van der Waals surface area contributed by atoms with Crippen molar-refractivity contribution in [3.8, 4) is 0 Å². The van der Waals surface area contributed by atoms with Gasteiger partial charge in [-0.05, 0) is 44.1 Å². The first-order valence-corrected chi connectivity index (χ1v) is 12.6. The van der Waals surface area contributed by atoms with E-state index in [1.165, 1.54) is 0 Å². The number of ether oxygens (including phenoxy) is 1. The molecule has 12 heteroatoms. The number of rotatable bonds is 7. The number of alkyl carbamates (subject to hydrolysis) is 1. The zero-order valence-corrected chi connectivity index (χ0v) is 19.7. The van der Waals surface area contributed by atoms with Crippen molar-refractivity contribution in [3.63, 3.8) is 0 Å². The standard InChI is InChI=1S/C24H28F2N8O2/c25-14-9-33(10-14)11-15-12-34-20(28-15)3-4-27-22(34)29-19-5-17(31-32-19)16-1-2-18(21(16)26)36-23(35)30-24-6-13(7-24)8-24/h3-5,12-14,16,18,21H,1-2,6-11H2,(H,30,35)(H2,27,29,31,32)/t13?,16-,18-,21-,24?/m1/s1. The summed E-state index contributed by atoms with van der Waals surface area (Å²) in [7, 11) is 0. The van der Waals surface area contributed by atoms with Crippen LogP contribution in [0.3, 0.4) is 0 Å².